The highest BCUT2D eigenvalue weighted by Gasteiger charge is 2.33. The molecule has 7 nitrogen and oxygen atoms in total. The standard InChI is InChI=1S/C9H17N3O4/c1-11-6-4-16-3-5(6)9(15)12-2-7(13)8(10)14/h5-7,11,13H,2-4H2,1H3,(H2,10,14)(H,12,15). The average molecular weight is 231 g/mol. The lowest BCUT2D eigenvalue weighted by Crippen LogP contribution is -2.46. The van der Waals surface area contributed by atoms with Crippen molar-refractivity contribution in [2.45, 2.75) is 12.1 Å². The van der Waals surface area contributed by atoms with Gasteiger partial charge in [-0.2, -0.15) is 0 Å². The molecule has 7 heteroatoms. The summed E-state index contributed by atoms with van der Waals surface area (Å²) in [5.41, 5.74) is 4.85. The number of carbonyl (C=O) groups excluding carboxylic acids is 2. The molecular weight excluding hydrogens is 214 g/mol. The number of ether oxygens (including phenoxy) is 1. The van der Waals surface area contributed by atoms with Gasteiger partial charge in [0.2, 0.25) is 11.8 Å². The zero-order valence-corrected chi connectivity index (χ0v) is 9.10. The van der Waals surface area contributed by atoms with Crippen molar-refractivity contribution in [3.05, 3.63) is 0 Å². The average Bonchev–Trinajstić information content (AvgIpc) is 2.73. The number of nitrogens with two attached hydrogens (primary N) is 1. The van der Waals surface area contributed by atoms with E-state index in [-0.39, 0.29) is 24.4 Å². The summed E-state index contributed by atoms with van der Waals surface area (Å²) in [5, 5.41) is 14.5. The van der Waals surface area contributed by atoms with Gasteiger partial charge in [-0.25, -0.2) is 0 Å². The first-order valence-corrected chi connectivity index (χ1v) is 5.06. The maximum absolute atomic E-state index is 11.6. The van der Waals surface area contributed by atoms with E-state index in [0.717, 1.165) is 0 Å². The Morgan fingerprint density at radius 1 is 1.56 bits per heavy atom. The van der Waals surface area contributed by atoms with Crippen LogP contribution in [-0.2, 0) is 14.3 Å². The fraction of sp³-hybridized carbons (Fsp3) is 0.778. The number of amides is 2. The van der Waals surface area contributed by atoms with Crippen LogP contribution < -0.4 is 16.4 Å². The summed E-state index contributed by atoms with van der Waals surface area (Å²) in [4.78, 5) is 22.2. The molecule has 0 radical (unpaired) electrons. The fourth-order valence-corrected chi connectivity index (χ4v) is 1.53. The summed E-state index contributed by atoms with van der Waals surface area (Å²) >= 11 is 0. The predicted molar refractivity (Wildman–Crippen MR) is 55.4 cm³/mol. The van der Waals surface area contributed by atoms with Crippen LogP contribution in [0.2, 0.25) is 0 Å². The molecule has 16 heavy (non-hydrogen) atoms. The number of hydrogen-bond acceptors (Lipinski definition) is 5. The van der Waals surface area contributed by atoms with Gasteiger partial charge in [-0.15, -0.1) is 0 Å². The minimum absolute atomic E-state index is 0.0364. The SMILES string of the molecule is CNC1COCC1C(=O)NCC(O)C(N)=O. The Hall–Kier alpha value is -1.18. The van der Waals surface area contributed by atoms with Crippen LogP contribution in [0.1, 0.15) is 0 Å². The van der Waals surface area contributed by atoms with Gasteiger partial charge in [0.15, 0.2) is 0 Å². The molecule has 0 aliphatic carbocycles. The number of aliphatic hydroxyl groups is 1. The second-order valence-electron chi connectivity index (χ2n) is 3.70. The summed E-state index contributed by atoms with van der Waals surface area (Å²) in [7, 11) is 1.75. The van der Waals surface area contributed by atoms with E-state index in [1.54, 1.807) is 7.05 Å². The molecule has 0 bridgehead atoms. The number of primary amides is 1. The minimum Gasteiger partial charge on any atom is -0.381 e. The van der Waals surface area contributed by atoms with Crippen molar-refractivity contribution >= 4 is 11.8 Å². The van der Waals surface area contributed by atoms with Crippen LogP contribution in [0.4, 0.5) is 0 Å². The van der Waals surface area contributed by atoms with Crippen LogP contribution in [0.15, 0.2) is 0 Å². The zero-order valence-electron chi connectivity index (χ0n) is 9.10. The van der Waals surface area contributed by atoms with Crippen molar-refractivity contribution in [2.24, 2.45) is 11.7 Å². The number of hydrogen-bond donors (Lipinski definition) is 4. The third kappa shape index (κ3) is 3.16. The number of rotatable bonds is 5. The van der Waals surface area contributed by atoms with Gasteiger partial charge in [-0.3, -0.25) is 9.59 Å². The van der Waals surface area contributed by atoms with E-state index in [2.05, 4.69) is 10.6 Å². The first-order chi connectivity index (χ1) is 7.56. The molecule has 0 spiro atoms. The van der Waals surface area contributed by atoms with Gasteiger partial charge in [0, 0.05) is 6.04 Å². The highest BCUT2D eigenvalue weighted by Crippen LogP contribution is 2.13. The number of likely N-dealkylation sites (N-methyl/N-ethyl adjacent to an activating group) is 1. The molecule has 1 fully saturated rings. The Kier molecular flexibility index (Phi) is 4.66. The van der Waals surface area contributed by atoms with Crippen LogP contribution in [0.5, 0.6) is 0 Å². The molecule has 1 aliphatic rings. The number of carbonyl (C=O) groups is 2. The van der Waals surface area contributed by atoms with Gasteiger partial charge >= 0.3 is 0 Å². The maximum Gasteiger partial charge on any atom is 0.248 e. The second-order valence-corrected chi connectivity index (χ2v) is 3.70. The lowest BCUT2D eigenvalue weighted by Gasteiger charge is -2.17. The van der Waals surface area contributed by atoms with E-state index >= 15 is 0 Å². The molecule has 3 atom stereocenters. The summed E-state index contributed by atoms with van der Waals surface area (Å²) in [6.45, 7) is 0.651. The van der Waals surface area contributed by atoms with Gasteiger partial charge < -0.3 is 26.2 Å². The quantitative estimate of drug-likeness (QED) is 0.407. The van der Waals surface area contributed by atoms with Crippen molar-refractivity contribution in [2.75, 3.05) is 26.8 Å². The third-order valence-electron chi connectivity index (χ3n) is 2.59. The smallest absolute Gasteiger partial charge is 0.248 e. The van der Waals surface area contributed by atoms with Crippen LogP contribution in [0, 0.1) is 5.92 Å². The van der Waals surface area contributed by atoms with E-state index in [0.29, 0.717) is 13.2 Å². The highest BCUT2D eigenvalue weighted by molar-refractivity contribution is 5.82. The maximum atomic E-state index is 11.6. The molecule has 1 aliphatic heterocycles. The number of aliphatic hydroxyl groups excluding tert-OH is 1. The van der Waals surface area contributed by atoms with Crippen molar-refractivity contribution in [1.82, 2.24) is 10.6 Å². The van der Waals surface area contributed by atoms with E-state index in [9.17, 15) is 9.59 Å². The first-order valence-electron chi connectivity index (χ1n) is 5.06. The molecule has 0 aromatic carbocycles. The van der Waals surface area contributed by atoms with Crippen molar-refractivity contribution in [3.63, 3.8) is 0 Å². The summed E-state index contributed by atoms with van der Waals surface area (Å²) < 4.78 is 5.16. The molecule has 3 unspecified atom stereocenters. The molecule has 5 N–H and O–H groups in total. The van der Waals surface area contributed by atoms with E-state index in [1.807, 2.05) is 0 Å². The van der Waals surface area contributed by atoms with Crippen molar-refractivity contribution in [3.8, 4) is 0 Å². The molecule has 1 saturated heterocycles. The van der Waals surface area contributed by atoms with E-state index < -0.39 is 12.0 Å². The Balaban J connectivity index is 2.37. The Bertz CT molecular complexity index is 271. The van der Waals surface area contributed by atoms with Crippen LogP contribution in [-0.4, -0.2) is 55.9 Å². The lowest BCUT2D eigenvalue weighted by atomic mass is 10.0. The summed E-state index contributed by atoms with van der Waals surface area (Å²) in [5.74, 6) is -1.41. The Morgan fingerprint density at radius 2 is 2.25 bits per heavy atom. The second kappa shape index (κ2) is 5.78. The molecule has 92 valence electrons. The van der Waals surface area contributed by atoms with Gasteiger partial charge in [-0.1, -0.05) is 0 Å². The third-order valence-corrected chi connectivity index (χ3v) is 2.59. The monoisotopic (exact) mass is 231 g/mol. The van der Waals surface area contributed by atoms with Gasteiger partial charge in [-0.05, 0) is 7.05 Å². The van der Waals surface area contributed by atoms with Crippen molar-refractivity contribution in [1.29, 1.82) is 0 Å². The van der Waals surface area contributed by atoms with Gasteiger partial charge in [0.25, 0.3) is 0 Å². The van der Waals surface area contributed by atoms with Gasteiger partial charge in [0.1, 0.15) is 6.10 Å². The van der Waals surface area contributed by atoms with E-state index in [4.69, 9.17) is 15.6 Å². The highest BCUT2D eigenvalue weighted by atomic mass is 16.5. The van der Waals surface area contributed by atoms with Crippen LogP contribution in [0.3, 0.4) is 0 Å². The zero-order chi connectivity index (χ0) is 12.1. The van der Waals surface area contributed by atoms with Crippen molar-refractivity contribution < 1.29 is 19.4 Å². The molecule has 0 saturated carbocycles. The Morgan fingerprint density at radius 3 is 2.81 bits per heavy atom. The molecule has 0 aromatic rings. The van der Waals surface area contributed by atoms with E-state index in [1.165, 1.54) is 0 Å². The molecule has 2 amide bonds. The molecule has 0 aromatic heterocycles. The Labute approximate surface area is 93.3 Å². The molecular formula is C9H17N3O4. The summed E-state index contributed by atoms with van der Waals surface area (Å²) in [6, 6.07) is -0.0364. The molecule has 1 heterocycles. The van der Waals surface area contributed by atoms with Crippen LogP contribution in [0.25, 0.3) is 0 Å². The first kappa shape index (κ1) is 12.9. The minimum atomic E-state index is -1.35. The van der Waals surface area contributed by atoms with Gasteiger partial charge in [0.05, 0.1) is 25.7 Å². The normalized spacial score (nSPS) is 26.4. The lowest BCUT2D eigenvalue weighted by molar-refractivity contribution is -0.128. The predicted octanol–water partition coefficient (Wildman–Crippen LogP) is -2.82. The number of nitrogens with one attached hydrogen (secondary N) is 2. The largest absolute Gasteiger partial charge is 0.381 e. The van der Waals surface area contributed by atoms with Crippen LogP contribution >= 0.6 is 0 Å². The summed E-state index contributed by atoms with van der Waals surface area (Å²) in [6.07, 6.45) is -1.35. The fourth-order valence-electron chi connectivity index (χ4n) is 1.53. The molecule has 1 rings (SSSR count). The topological polar surface area (TPSA) is 114 Å².